The second kappa shape index (κ2) is 13.5. The third-order valence-electron chi connectivity index (χ3n) is 7.51. The molecule has 11 heteroatoms. The fourth-order valence-electron chi connectivity index (χ4n) is 5.14. The van der Waals surface area contributed by atoms with Gasteiger partial charge in [-0.1, -0.05) is 44.2 Å². The lowest BCUT2D eigenvalue weighted by atomic mass is 9.72. The Morgan fingerprint density at radius 3 is 2.13 bits per heavy atom. The average molecular weight is 543 g/mol. The van der Waals surface area contributed by atoms with Crippen LogP contribution in [0.5, 0.6) is 0 Å². The van der Waals surface area contributed by atoms with Crippen LogP contribution in [0.15, 0.2) is 30.3 Å². The zero-order valence-corrected chi connectivity index (χ0v) is 23.2. The maximum atomic E-state index is 12.9. The molecule has 0 unspecified atom stereocenters. The van der Waals surface area contributed by atoms with Crippen molar-refractivity contribution in [2.45, 2.75) is 58.5 Å². The predicted octanol–water partition coefficient (Wildman–Crippen LogP) is -0.209. The zero-order chi connectivity index (χ0) is 28.6. The van der Waals surface area contributed by atoms with Gasteiger partial charge in [-0.2, -0.15) is 0 Å². The number of hydrogen-bond acceptors (Lipinski definition) is 6. The summed E-state index contributed by atoms with van der Waals surface area (Å²) < 4.78 is 0. The van der Waals surface area contributed by atoms with Gasteiger partial charge in [0.15, 0.2) is 0 Å². The van der Waals surface area contributed by atoms with Gasteiger partial charge in [0, 0.05) is 38.5 Å². The van der Waals surface area contributed by atoms with Crippen LogP contribution in [-0.2, 0) is 30.4 Å². The van der Waals surface area contributed by atoms with E-state index in [2.05, 4.69) is 16.0 Å². The van der Waals surface area contributed by atoms with Crippen molar-refractivity contribution in [2.24, 2.45) is 17.1 Å². The Kier molecular flexibility index (Phi) is 10.4. The molecule has 214 valence electrons. The summed E-state index contributed by atoms with van der Waals surface area (Å²) in [6.07, 6.45) is 2.40. The largest absolute Gasteiger partial charge is 0.346 e. The summed E-state index contributed by atoms with van der Waals surface area (Å²) in [4.78, 5) is 65.5. The molecule has 5 amide bonds. The quantitative estimate of drug-likeness (QED) is 0.303. The SMILES string of the molecule is CC(=O)N1CC2(CCN(C(=O)CNC(=O)[C@@H](CC(C)C)NC(=O)CNC(=O)[C@H](N)Cc3ccccc3)CC2)C1. The molecule has 3 rings (SSSR count). The van der Waals surface area contributed by atoms with Gasteiger partial charge in [0.25, 0.3) is 0 Å². The highest BCUT2D eigenvalue weighted by Gasteiger charge is 2.46. The molecule has 2 aliphatic heterocycles. The Morgan fingerprint density at radius 2 is 1.54 bits per heavy atom. The second-order valence-corrected chi connectivity index (χ2v) is 11.2. The Balaban J connectivity index is 1.41. The lowest BCUT2D eigenvalue weighted by Gasteiger charge is -2.53. The van der Waals surface area contributed by atoms with Crippen LogP contribution in [-0.4, -0.2) is 90.7 Å². The van der Waals surface area contributed by atoms with Crippen LogP contribution in [0.3, 0.4) is 0 Å². The van der Waals surface area contributed by atoms with Crippen molar-refractivity contribution >= 4 is 29.5 Å². The number of carbonyl (C=O) groups is 5. The fraction of sp³-hybridized carbons (Fsp3) is 0.607. The van der Waals surface area contributed by atoms with E-state index in [0.717, 1.165) is 31.5 Å². The molecule has 1 aromatic rings. The molecule has 1 aromatic carbocycles. The molecule has 11 nitrogen and oxygen atoms in total. The van der Waals surface area contributed by atoms with E-state index in [0.29, 0.717) is 25.9 Å². The summed E-state index contributed by atoms with van der Waals surface area (Å²) in [6.45, 7) is 7.66. The fourth-order valence-corrected chi connectivity index (χ4v) is 5.14. The Hall–Kier alpha value is -3.47. The van der Waals surface area contributed by atoms with Gasteiger partial charge in [-0.15, -0.1) is 0 Å². The van der Waals surface area contributed by atoms with Gasteiger partial charge in [0.1, 0.15) is 6.04 Å². The Morgan fingerprint density at radius 1 is 0.923 bits per heavy atom. The van der Waals surface area contributed by atoms with E-state index in [1.807, 2.05) is 49.1 Å². The van der Waals surface area contributed by atoms with Crippen LogP contribution in [0.4, 0.5) is 0 Å². The smallest absolute Gasteiger partial charge is 0.243 e. The molecule has 5 N–H and O–H groups in total. The minimum Gasteiger partial charge on any atom is -0.346 e. The number of nitrogens with zero attached hydrogens (tertiary/aromatic N) is 2. The highest BCUT2D eigenvalue weighted by molar-refractivity contribution is 5.92. The average Bonchev–Trinajstić information content (AvgIpc) is 2.88. The first-order chi connectivity index (χ1) is 18.5. The van der Waals surface area contributed by atoms with Gasteiger partial charge in [-0.3, -0.25) is 24.0 Å². The summed E-state index contributed by atoms with van der Waals surface area (Å²) in [7, 11) is 0. The van der Waals surface area contributed by atoms with Crippen molar-refractivity contribution in [1.82, 2.24) is 25.8 Å². The third-order valence-corrected chi connectivity index (χ3v) is 7.51. The van der Waals surface area contributed by atoms with Crippen molar-refractivity contribution in [3.05, 3.63) is 35.9 Å². The summed E-state index contributed by atoms with van der Waals surface area (Å²) in [5, 5.41) is 7.87. The molecule has 2 fully saturated rings. The first kappa shape index (κ1) is 30.1. The van der Waals surface area contributed by atoms with E-state index in [1.165, 1.54) is 0 Å². The summed E-state index contributed by atoms with van der Waals surface area (Å²) in [5.41, 5.74) is 6.99. The molecule has 0 radical (unpaired) electrons. The summed E-state index contributed by atoms with van der Waals surface area (Å²) in [6, 6.07) is 7.71. The monoisotopic (exact) mass is 542 g/mol. The molecule has 2 aliphatic rings. The van der Waals surface area contributed by atoms with Crippen molar-refractivity contribution in [3.8, 4) is 0 Å². The molecule has 1 spiro atoms. The molecule has 0 bridgehead atoms. The molecular weight excluding hydrogens is 500 g/mol. The van der Waals surface area contributed by atoms with E-state index >= 15 is 0 Å². The number of hydrogen-bond donors (Lipinski definition) is 4. The van der Waals surface area contributed by atoms with E-state index in [-0.39, 0.29) is 36.2 Å². The van der Waals surface area contributed by atoms with Crippen LogP contribution in [0.1, 0.15) is 45.6 Å². The first-order valence-electron chi connectivity index (χ1n) is 13.7. The van der Waals surface area contributed by atoms with Crippen LogP contribution >= 0.6 is 0 Å². The summed E-state index contributed by atoms with van der Waals surface area (Å²) in [5.74, 6) is -1.38. The summed E-state index contributed by atoms with van der Waals surface area (Å²) >= 11 is 0. The number of likely N-dealkylation sites (tertiary alicyclic amines) is 2. The zero-order valence-electron chi connectivity index (χ0n) is 23.2. The lowest BCUT2D eigenvalue weighted by Crippen LogP contribution is -2.62. The number of amides is 5. The van der Waals surface area contributed by atoms with E-state index in [1.54, 1.807) is 11.8 Å². The maximum absolute atomic E-state index is 12.9. The predicted molar refractivity (Wildman–Crippen MR) is 146 cm³/mol. The molecule has 2 heterocycles. The lowest BCUT2D eigenvalue weighted by molar-refractivity contribution is -0.148. The Bertz CT molecular complexity index is 1030. The number of nitrogens with one attached hydrogen (secondary N) is 3. The van der Waals surface area contributed by atoms with E-state index < -0.39 is 29.8 Å². The third kappa shape index (κ3) is 8.77. The molecule has 2 saturated heterocycles. The number of nitrogens with two attached hydrogens (primary N) is 1. The van der Waals surface area contributed by atoms with Gasteiger partial charge in [0.05, 0.1) is 19.1 Å². The number of piperidine rings is 1. The van der Waals surface area contributed by atoms with Crippen LogP contribution in [0.2, 0.25) is 0 Å². The topological polar surface area (TPSA) is 154 Å². The van der Waals surface area contributed by atoms with Gasteiger partial charge < -0.3 is 31.5 Å². The first-order valence-corrected chi connectivity index (χ1v) is 13.7. The number of benzene rings is 1. The minimum absolute atomic E-state index is 0.0823. The van der Waals surface area contributed by atoms with Crippen LogP contribution in [0, 0.1) is 11.3 Å². The van der Waals surface area contributed by atoms with E-state index in [9.17, 15) is 24.0 Å². The van der Waals surface area contributed by atoms with Crippen LogP contribution < -0.4 is 21.7 Å². The minimum atomic E-state index is -0.836. The number of rotatable bonds is 11. The molecular formula is C28H42N6O5. The normalized spacial score (nSPS) is 17.7. The van der Waals surface area contributed by atoms with Gasteiger partial charge in [-0.25, -0.2) is 0 Å². The molecule has 0 aliphatic carbocycles. The van der Waals surface area contributed by atoms with Crippen LogP contribution in [0.25, 0.3) is 0 Å². The molecule has 39 heavy (non-hydrogen) atoms. The van der Waals surface area contributed by atoms with Gasteiger partial charge in [0.2, 0.25) is 29.5 Å². The highest BCUT2D eigenvalue weighted by atomic mass is 16.2. The van der Waals surface area contributed by atoms with Gasteiger partial charge in [-0.05, 0) is 37.2 Å². The maximum Gasteiger partial charge on any atom is 0.243 e. The number of carbonyl (C=O) groups excluding carboxylic acids is 5. The molecule has 0 saturated carbocycles. The Labute approximate surface area is 230 Å². The van der Waals surface area contributed by atoms with Gasteiger partial charge >= 0.3 is 0 Å². The second-order valence-electron chi connectivity index (χ2n) is 11.2. The van der Waals surface area contributed by atoms with Crippen molar-refractivity contribution in [1.29, 1.82) is 0 Å². The van der Waals surface area contributed by atoms with Crippen molar-refractivity contribution < 1.29 is 24.0 Å². The van der Waals surface area contributed by atoms with E-state index in [4.69, 9.17) is 5.73 Å². The highest BCUT2D eigenvalue weighted by Crippen LogP contribution is 2.40. The molecule has 0 aromatic heterocycles. The van der Waals surface area contributed by atoms with Crippen molar-refractivity contribution in [3.63, 3.8) is 0 Å². The molecule has 2 atom stereocenters. The standard InChI is InChI=1S/C28H42N6O5/c1-19(2)13-23(32-24(36)15-30-26(38)22(29)14-21-7-5-4-6-8-21)27(39)31-16-25(37)33-11-9-28(10-12-33)17-34(18-28)20(3)35/h4-8,19,22-23H,9-18,29H2,1-3H3,(H,30,38)(H,31,39)(H,32,36)/t22-,23-/m1/s1. The van der Waals surface area contributed by atoms with Crippen molar-refractivity contribution in [2.75, 3.05) is 39.3 Å².